The molecule has 8 heteroatoms. The Labute approximate surface area is 192 Å². The predicted octanol–water partition coefficient (Wildman–Crippen LogP) is 4.30. The number of carbonyl (C=O) groups excluding carboxylic acids is 2. The summed E-state index contributed by atoms with van der Waals surface area (Å²) in [5, 5.41) is 7.25. The molecule has 2 amide bonds. The number of nitrogens with one attached hydrogen (secondary N) is 2. The van der Waals surface area contributed by atoms with Crippen LogP contribution in [0.2, 0.25) is 10.0 Å². The number of rotatable bonds is 8. The van der Waals surface area contributed by atoms with E-state index in [1.807, 2.05) is 6.92 Å². The molecule has 2 N–H and O–H groups in total. The Balaban J connectivity index is 1.32. The summed E-state index contributed by atoms with van der Waals surface area (Å²) < 4.78 is 11.1. The molecule has 31 heavy (non-hydrogen) atoms. The molecule has 1 fully saturated rings. The number of halogens is 2. The maximum atomic E-state index is 12.2. The molecule has 166 valence electrons. The van der Waals surface area contributed by atoms with Crippen LogP contribution >= 0.6 is 23.2 Å². The summed E-state index contributed by atoms with van der Waals surface area (Å²) in [5.74, 6) is 0.932. The van der Waals surface area contributed by atoms with Gasteiger partial charge in [0.05, 0.1) is 0 Å². The summed E-state index contributed by atoms with van der Waals surface area (Å²) in [4.78, 5) is 24.3. The molecule has 0 aromatic heterocycles. The Morgan fingerprint density at radius 2 is 1.35 bits per heavy atom. The Morgan fingerprint density at radius 1 is 0.839 bits per heavy atom. The van der Waals surface area contributed by atoms with E-state index < -0.39 is 0 Å². The van der Waals surface area contributed by atoms with E-state index in [1.54, 1.807) is 42.5 Å². The van der Waals surface area contributed by atoms with Gasteiger partial charge in [-0.2, -0.15) is 0 Å². The third-order valence-electron chi connectivity index (χ3n) is 5.14. The second kappa shape index (κ2) is 11.3. The molecule has 3 rings (SSSR count). The maximum Gasteiger partial charge on any atom is 0.258 e. The van der Waals surface area contributed by atoms with Crippen molar-refractivity contribution < 1.29 is 19.1 Å². The second-order valence-corrected chi connectivity index (χ2v) is 8.50. The third kappa shape index (κ3) is 7.64. The number of ether oxygens (including phenoxy) is 2. The van der Waals surface area contributed by atoms with Gasteiger partial charge in [-0.25, -0.2) is 0 Å². The molecule has 0 unspecified atom stereocenters. The second-order valence-electron chi connectivity index (χ2n) is 7.62. The summed E-state index contributed by atoms with van der Waals surface area (Å²) in [7, 11) is 0. The Kier molecular flexibility index (Phi) is 8.43. The van der Waals surface area contributed by atoms with Gasteiger partial charge in [-0.1, -0.05) is 23.2 Å². The fourth-order valence-corrected chi connectivity index (χ4v) is 3.87. The number of hydrogen-bond donors (Lipinski definition) is 2. The van der Waals surface area contributed by atoms with Gasteiger partial charge in [0.25, 0.3) is 11.8 Å². The molecule has 0 radical (unpaired) electrons. The fourth-order valence-electron chi connectivity index (χ4n) is 3.52. The first-order valence-electron chi connectivity index (χ1n) is 10.2. The van der Waals surface area contributed by atoms with Crippen molar-refractivity contribution in [3.05, 3.63) is 58.1 Å². The SMILES string of the molecule is Cc1cc(Cl)ccc1OCC(=O)N[C@H]1CC[C@H](NC(=O)COc2ccc(Cl)cc2)CC1. The topological polar surface area (TPSA) is 76.7 Å². The first-order valence-corrected chi connectivity index (χ1v) is 11.0. The first-order chi connectivity index (χ1) is 14.9. The van der Waals surface area contributed by atoms with E-state index in [2.05, 4.69) is 10.6 Å². The van der Waals surface area contributed by atoms with Crippen molar-refractivity contribution in [2.24, 2.45) is 0 Å². The summed E-state index contributed by atoms with van der Waals surface area (Å²) in [6.45, 7) is 1.80. The number of amides is 2. The molecule has 0 heterocycles. The van der Waals surface area contributed by atoms with Gasteiger partial charge in [0.1, 0.15) is 11.5 Å². The van der Waals surface area contributed by atoms with Gasteiger partial charge in [0.2, 0.25) is 0 Å². The summed E-state index contributed by atoms with van der Waals surface area (Å²) >= 11 is 11.8. The number of hydrogen-bond acceptors (Lipinski definition) is 4. The maximum absolute atomic E-state index is 12.2. The smallest absolute Gasteiger partial charge is 0.258 e. The summed E-state index contributed by atoms with van der Waals surface area (Å²) in [5.41, 5.74) is 0.886. The van der Waals surface area contributed by atoms with Crippen molar-refractivity contribution >= 4 is 35.0 Å². The van der Waals surface area contributed by atoms with Gasteiger partial charge >= 0.3 is 0 Å². The monoisotopic (exact) mass is 464 g/mol. The fraction of sp³-hybridized carbons (Fsp3) is 0.391. The van der Waals surface area contributed by atoms with Gasteiger partial charge in [-0.3, -0.25) is 9.59 Å². The van der Waals surface area contributed by atoms with Crippen LogP contribution in [0.25, 0.3) is 0 Å². The average molecular weight is 465 g/mol. The Hall–Kier alpha value is -2.44. The summed E-state index contributed by atoms with van der Waals surface area (Å²) in [6, 6.07) is 12.3. The normalized spacial score (nSPS) is 18.2. The molecular formula is C23H26Cl2N2O4. The first kappa shape index (κ1) is 23.2. The van der Waals surface area contributed by atoms with E-state index in [0.29, 0.717) is 21.5 Å². The third-order valence-corrected chi connectivity index (χ3v) is 5.62. The van der Waals surface area contributed by atoms with Crippen LogP contribution in [-0.2, 0) is 9.59 Å². The van der Waals surface area contributed by atoms with E-state index in [4.69, 9.17) is 32.7 Å². The minimum absolute atomic E-state index is 0.0405. The van der Waals surface area contributed by atoms with E-state index in [0.717, 1.165) is 31.2 Å². The van der Waals surface area contributed by atoms with Gasteiger partial charge in [0.15, 0.2) is 13.2 Å². The summed E-state index contributed by atoms with van der Waals surface area (Å²) in [6.07, 6.45) is 3.20. The molecule has 1 saturated carbocycles. The minimum atomic E-state index is -0.158. The highest BCUT2D eigenvalue weighted by atomic mass is 35.5. The number of carbonyl (C=O) groups is 2. The van der Waals surface area contributed by atoms with E-state index in [1.165, 1.54) is 0 Å². The van der Waals surface area contributed by atoms with Gasteiger partial charge in [-0.05, 0) is 80.6 Å². The Morgan fingerprint density at radius 3 is 1.90 bits per heavy atom. The molecule has 2 aromatic carbocycles. The Bertz CT molecular complexity index is 897. The van der Waals surface area contributed by atoms with Crippen molar-refractivity contribution in [3.8, 4) is 11.5 Å². The molecule has 6 nitrogen and oxygen atoms in total. The van der Waals surface area contributed by atoms with Crippen LogP contribution in [0.4, 0.5) is 0 Å². The highest BCUT2D eigenvalue weighted by molar-refractivity contribution is 6.30. The van der Waals surface area contributed by atoms with Crippen molar-refractivity contribution in [3.63, 3.8) is 0 Å². The van der Waals surface area contributed by atoms with Crippen molar-refractivity contribution in [2.75, 3.05) is 13.2 Å². The van der Waals surface area contributed by atoms with E-state index >= 15 is 0 Å². The molecule has 0 bridgehead atoms. The predicted molar refractivity (Wildman–Crippen MR) is 121 cm³/mol. The van der Waals surface area contributed by atoms with Crippen molar-refractivity contribution in [1.82, 2.24) is 10.6 Å². The van der Waals surface area contributed by atoms with Crippen LogP contribution in [-0.4, -0.2) is 37.1 Å². The molecule has 0 spiro atoms. The van der Waals surface area contributed by atoms with Gasteiger partial charge < -0.3 is 20.1 Å². The van der Waals surface area contributed by atoms with Crippen LogP contribution in [0.1, 0.15) is 31.2 Å². The van der Waals surface area contributed by atoms with Crippen molar-refractivity contribution in [1.29, 1.82) is 0 Å². The van der Waals surface area contributed by atoms with Crippen LogP contribution in [0.3, 0.4) is 0 Å². The highest BCUT2D eigenvalue weighted by Gasteiger charge is 2.23. The zero-order valence-corrected chi connectivity index (χ0v) is 18.8. The molecule has 1 aliphatic rings. The lowest BCUT2D eigenvalue weighted by atomic mass is 9.91. The lowest BCUT2D eigenvalue weighted by Crippen LogP contribution is -2.45. The van der Waals surface area contributed by atoms with Crippen molar-refractivity contribution in [2.45, 2.75) is 44.7 Å². The number of aryl methyl sites for hydroxylation is 1. The lowest BCUT2D eigenvalue weighted by Gasteiger charge is -2.29. The molecule has 1 aliphatic carbocycles. The van der Waals surface area contributed by atoms with Gasteiger partial charge in [-0.15, -0.1) is 0 Å². The van der Waals surface area contributed by atoms with Crippen LogP contribution in [0.5, 0.6) is 11.5 Å². The van der Waals surface area contributed by atoms with Crippen LogP contribution in [0, 0.1) is 6.92 Å². The molecule has 0 aliphatic heterocycles. The largest absolute Gasteiger partial charge is 0.484 e. The van der Waals surface area contributed by atoms with Gasteiger partial charge in [0, 0.05) is 22.1 Å². The van der Waals surface area contributed by atoms with E-state index in [9.17, 15) is 9.59 Å². The molecular weight excluding hydrogens is 439 g/mol. The van der Waals surface area contributed by atoms with E-state index in [-0.39, 0.29) is 37.1 Å². The average Bonchev–Trinajstić information content (AvgIpc) is 2.74. The lowest BCUT2D eigenvalue weighted by molar-refractivity contribution is -0.125. The quantitative estimate of drug-likeness (QED) is 0.610. The molecule has 2 aromatic rings. The minimum Gasteiger partial charge on any atom is -0.484 e. The van der Waals surface area contributed by atoms with Crippen LogP contribution < -0.4 is 20.1 Å². The zero-order valence-electron chi connectivity index (χ0n) is 17.3. The van der Waals surface area contributed by atoms with Crippen LogP contribution in [0.15, 0.2) is 42.5 Å². The number of benzene rings is 2. The molecule has 0 saturated heterocycles. The zero-order chi connectivity index (χ0) is 22.2. The molecule has 0 atom stereocenters. The standard InChI is InChI=1S/C23H26Cl2N2O4/c1-15-12-17(25)4-11-21(15)31-14-23(29)27-19-7-5-18(6-8-19)26-22(28)13-30-20-9-2-16(24)3-10-20/h2-4,9-12,18-19H,5-8,13-14H2,1H3,(H,26,28)(H,27,29)/t18-,19-. The highest BCUT2D eigenvalue weighted by Crippen LogP contribution is 2.22.